The van der Waals surface area contributed by atoms with Gasteiger partial charge in [-0.15, -0.1) is 0 Å². The van der Waals surface area contributed by atoms with Gasteiger partial charge in [-0.3, -0.25) is 10.3 Å². The number of aliphatic imine (C=N–C) groups is 1. The molecule has 3 N–H and O–H groups in total. The Morgan fingerprint density at radius 2 is 1.86 bits per heavy atom. The maximum Gasteiger partial charge on any atom is 0.136 e. The molecule has 2 aromatic rings. The van der Waals surface area contributed by atoms with Crippen LogP contribution in [0.2, 0.25) is 0 Å². The van der Waals surface area contributed by atoms with Crippen LogP contribution in [0.15, 0.2) is 41.7 Å². The summed E-state index contributed by atoms with van der Waals surface area (Å²) in [5.41, 5.74) is 3.10. The van der Waals surface area contributed by atoms with Crippen LogP contribution in [-0.2, 0) is 0 Å². The molecule has 28 heavy (non-hydrogen) atoms. The molecule has 0 fully saturated rings. The number of aryl methyl sites for hydroxylation is 1. The Hall–Kier alpha value is -2.18. The summed E-state index contributed by atoms with van der Waals surface area (Å²) in [5.74, 6) is 0.959. The summed E-state index contributed by atoms with van der Waals surface area (Å²) in [6.07, 6.45) is 2.75. The molecule has 1 aromatic carbocycles. The predicted molar refractivity (Wildman–Crippen MR) is 119 cm³/mol. The highest BCUT2D eigenvalue weighted by Gasteiger charge is 2.18. The van der Waals surface area contributed by atoms with E-state index in [1.54, 1.807) is 7.05 Å². The lowest BCUT2D eigenvalue weighted by molar-refractivity contribution is 0.233. The highest BCUT2D eigenvalue weighted by atomic mass is 16.3. The van der Waals surface area contributed by atoms with Gasteiger partial charge >= 0.3 is 0 Å². The summed E-state index contributed by atoms with van der Waals surface area (Å²) in [5, 5.41) is 16.1. The summed E-state index contributed by atoms with van der Waals surface area (Å²) < 4.78 is 2.10. The summed E-state index contributed by atoms with van der Waals surface area (Å²) in [6, 6.07) is 10.7. The van der Waals surface area contributed by atoms with E-state index in [0.717, 1.165) is 23.6 Å². The Labute approximate surface area is 170 Å². The molecule has 1 unspecified atom stereocenters. The van der Waals surface area contributed by atoms with Crippen molar-refractivity contribution in [1.29, 1.82) is 0 Å². The zero-order valence-electron chi connectivity index (χ0n) is 18.4. The van der Waals surface area contributed by atoms with Gasteiger partial charge in [0, 0.05) is 19.1 Å². The third-order valence-corrected chi connectivity index (χ3v) is 4.52. The number of imidazole rings is 1. The van der Waals surface area contributed by atoms with Crippen molar-refractivity contribution in [3.05, 3.63) is 47.9 Å². The van der Waals surface area contributed by atoms with Crippen molar-refractivity contribution < 1.29 is 5.11 Å². The molecule has 6 heteroatoms. The maximum absolute atomic E-state index is 9.30. The summed E-state index contributed by atoms with van der Waals surface area (Å²) in [6.45, 7) is 12.5. The van der Waals surface area contributed by atoms with Gasteiger partial charge in [0.1, 0.15) is 11.5 Å². The molecule has 0 saturated heterocycles. The second-order valence-corrected chi connectivity index (χ2v) is 7.23. The molecular weight excluding hydrogens is 350 g/mol. The van der Waals surface area contributed by atoms with Gasteiger partial charge in [0.05, 0.1) is 24.8 Å². The van der Waals surface area contributed by atoms with Gasteiger partial charge in [-0.25, -0.2) is 4.98 Å². The number of aliphatic hydroxyl groups is 1. The maximum atomic E-state index is 9.30. The van der Waals surface area contributed by atoms with Crippen molar-refractivity contribution in [2.75, 3.05) is 19.0 Å². The van der Waals surface area contributed by atoms with Gasteiger partial charge in [-0.1, -0.05) is 42.8 Å². The Morgan fingerprint density at radius 1 is 1.21 bits per heavy atom. The van der Waals surface area contributed by atoms with Crippen molar-refractivity contribution in [1.82, 2.24) is 14.9 Å². The number of aliphatic hydroxyl groups excluding tert-OH is 1. The van der Waals surface area contributed by atoms with Crippen LogP contribution in [-0.4, -0.2) is 46.2 Å². The lowest BCUT2D eigenvalue weighted by Gasteiger charge is -2.24. The van der Waals surface area contributed by atoms with E-state index in [-0.39, 0.29) is 18.8 Å². The van der Waals surface area contributed by atoms with Crippen molar-refractivity contribution in [3.8, 4) is 0 Å². The minimum absolute atomic E-state index is 0.0275. The van der Waals surface area contributed by atoms with Crippen LogP contribution in [0.25, 0.3) is 0 Å². The standard InChI is InChI=1S/C15H29N5O.C7H8/c1-7-13(8-21)18-12(5)19-15-14(11(4)16-6)17-9-20(15)10(2)3;1-7-5-3-2-4-6-7/h9-10,12-13,18-19,21H,7-8H2,1-6H3;2-6H,1H3/t12?,13-;/m1./s1. The van der Waals surface area contributed by atoms with Crippen molar-refractivity contribution in [2.45, 2.75) is 66.2 Å². The van der Waals surface area contributed by atoms with E-state index in [2.05, 4.69) is 65.0 Å². The molecule has 0 aliphatic carbocycles. The molecular formula is C22H37N5O. The van der Waals surface area contributed by atoms with Crippen LogP contribution in [0.4, 0.5) is 5.82 Å². The molecule has 0 aliphatic rings. The van der Waals surface area contributed by atoms with Crippen molar-refractivity contribution in [2.24, 2.45) is 4.99 Å². The molecule has 0 bridgehead atoms. The highest BCUT2D eigenvalue weighted by molar-refractivity contribution is 6.01. The number of rotatable bonds is 8. The first kappa shape index (κ1) is 23.9. The number of nitrogens with one attached hydrogen (secondary N) is 2. The smallest absolute Gasteiger partial charge is 0.136 e. The number of hydrogen-bond donors (Lipinski definition) is 3. The number of aromatic nitrogens is 2. The molecule has 0 spiro atoms. The molecule has 2 rings (SSSR count). The first-order valence-electron chi connectivity index (χ1n) is 9.99. The lowest BCUT2D eigenvalue weighted by atomic mass is 10.2. The largest absolute Gasteiger partial charge is 0.395 e. The molecule has 156 valence electrons. The second kappa shape index (κ2) is 12.3. The Kier molecular flexibility index (Phi) is 10.5. The lowest BCUT2D eigenvalue weighted by Crippen LogP contribution is -2.43. The molecule has 0 radical (unpaired) electrons. The third-order valence-electron chi connectivity index (χ3n) is 4.52. The number of nitrogens with zero attached hydrogens (tertiary/aromatic N) is 3. The van der Waals surface area contributed by atoms with Crippen molar-refractivity contribution in [3.63, 3.8) is 0 Å². The first-order valence-corrected chi connectivity index (χ1v) is 9.99. The zero-order chi connectivity index (χ0) is 21.1. The first-order chi connectivity index (χ1) is 13.3. The number of benzene rings is 1. The quantitative estimate of drug-likeness (QED) is 0.472. The summed E-state index contributed by atoms with van der Waals surface area (Å²) in [4.78, 5) is 8.71. The van der Waals surface area contributed by atoms with Crippen LogP contribution in [0.3, 0.4) is 0 Å². The average molecular weight is 388 g/mol. The molecule has 6 nitrogen and oxygen atoms in total. The molecule has 0 amide bonds. The Bertz CT molecular complexity index is 705. The van der Waals surface area contributed by atoms with E-state index in [4.69, 9.17) is 0 Å². The second-order valence-electron chi connectivity index (χ2n) is 7.23. The fraction of sp³-hybridized carbons (Fsp3) is 0.545. The normalized spacial score (nSPS) is 13.7. The van der Waals surface area contributed by atoms with Gasteiger partial charge in [0.2, 0.25) is 0 Å². The third kappa shape index (κ3) is 7.44. The van der Waals surface area contributed by atoms with Gasteiger partial charge in [0.15, 0.2) is 0 Å². The van der Waals surface area contributed by atoms with Crippen molar-refractivity contribution >= 4 is 11.5 Å². The Morgan fingerprint density at radius 3 is 2.29 bits per heavy atom. The molecule has 0 aliphatic heterocycles. The van der Waals surface area contributed by atoms with Crippen LogP contribution in [0, 0.1) is 6.92 Å². The van der Waals surface area contributed by atoms with Crippen LogP contribution < -0.4 is 10.6 Å². The van der Waals surface area contributed by atoms with E-state index in [9.17, 15) is 5.11 Å². The Balaban J connectivity index is 0.000000467. The number of anilines is 1. The monoisotopic (exact) mass is 387 g/mol. The van der Waals surface area contributed by atoms with E-state index < -0.39 is 0 Å². The zero-order valence-corrected chi connectivity index (χ0v) is 18.4. The highest BCUT2D eigenvalue weighted by Crippen LogP contribution is 2.21. The van der Waals surface area contributed by atoms with Gasteiger partial charge < -0.3 is 15.0 Å². The van der Waals surface area contributed by atoms with Gasteiger partial charge in [0.25, 0.3) is 0 Å². The van der Waals surface area contributed by atoms with Gasteiger partial charge in [-0.05, 0) is 41.0 Å². The summed E-state index contributed by atoms with van der Waals surface area (Å²) >= 11 is 0. The molecule has 2 atom stereocenters. The van der Waals surface area contributed by atoms with Crippen LogP contribution in [0.1, 0.15) is 58.3 Å². The number of hydrogen-bond acceptors (Lipinski definition) is 5. The molecule has 0 saturated carbocycles. The van der Waals surface area contributed by atoms with E-state index in [1.807, 2.05) is 38.4 Å². The van der Waals surface area contributed by atoms with Gasteiger partial charge in [-0.2, -0.15) is 0 Å². The van der Waals surface area contributed by atoms with Crippen LogP contribution in [0.5, 0.6) is 0 Å². The topological polar surface area (TPSA) is 74.5 Å². The molecule has 1 aromatic heterocycles. The fourth-order valence-corrected chi connectivity index (χ4v) is 2.70. The van der Waals surface area contributed by atoms with E-state index in [1.165, 1.54) is 5.56 Å². The predicted octanol–water partition coefficient (Wildman–Crippen LogP) is 4.02. The SMILES string of the molecule is CC[C@H](CO)NC(C)Nc1c(C(C)=NC)ncn1C(C)C.Cc1ccccc1. The van der Waals surface area contributed by atoms with E-state index >= 15 is 0 Å². The van der Waals surface area contributed by atoms with Crippen LogP contribution >= 0.6 is 0 Å². The average Bonchev–Trinajstić information content (AvgIpc) is 3.10. The fourth-order valence-electron chi connectivity index (χ4n) is 2.70. The minimum atomic E-state index is 0.0275. The molecule has 1 heterocycles. The summed E-state index contributed by atoms with van der Waals surface area (Å²) in [7, 11) is 1.77. The van der Waals surface area contributed by atoms with E-state index in [0.29, 0.717) is 6.04 Å². The minimum Gasteiger partial charge on any atom is -0.395 e.